The van der Waals surface area contributed by atoms with Gasteiger partial charge in [0.1, 0.15) is 0 Å². The summed E-state index contributed by atoms with van der Waals surface area (Å²) in [5.41, 5.74) is 0. The predicted molar refractivity (Wildman–Crippen MR) is 68.0 cm³/mol. The van der Waals surface area contributed by atoms with Crippen molar-refractivity contribution in [3.8, 4) is 0 Å². The molecule has 1 aliphatic heterocycles. The lowest BCUT2D eigenvalue weighted by Crippen LogP contribution is -2.53. The molecule has 1 aliphatic rings. The number of imidazole rings is 1. The number of hydrogen-bond donors (Lipinski definition) is 2. The Bertz CT molecular complexity index is 519. The minimum Gasteiger partial charge on any atom is -0.338 e. The SMILES string of the molecule is CCNC(=O)N1CCN(S(=O)(=O)c2cnc[nH]2)CC1. The lowest BCUT2D eigenvalue weighted by Gasteiger charge is -2.33. The molecule has 2 rings (SSSR count). The molecule has 9 heteroatoms. The van der Waals surface area contributed by atoms with Gasteiger partial charge >= 0.3 is 6.03 Å². The van der Waals surface area contributed by atoms with Crippen molar-refractivity contribution in [1.82, 2.24) is 24.5 Å². The van der Waals surface area contributed by atoms with Crippen molar-refractivity contribution < 1.29 is 13.2 Å². The van der Waals surface area contributed by atoms with Crippen LogP contribution in [0.5, 0.6) is 0 Å². The monoisotopic (exact) mass is 287 g/mol. The number of hydrogen-bond acceptors (Lipinski definition) is 4. The van der Waals surface area contributed by atoms with Crippen molar-refractivity contribution in [1.29, 1.82) is 0 Å². The topological polar surface area (TPSA) is 98.4 Å². The first-order valence-electron chi connectivity index (χ1n) is 6.07. The number of carbonyl (C=O) groups excluding carboxylic acids is 1. The molecule has 1 fully saturated rings. The molecule has 2 heterocycles. The van der Waals surface area contributed by atoms with Gasteiger partial charge in [-0.3, -0.25) is 0 Å². The molecule has 106 valence electrons. The van der Waals surface area contributed by atoms with Crippen molar-refractivity contribution >= 4 is 16.1 Å². The van der Waals surface area contributed by atoms with Crippen LogP contribution in [-0.4, -0.2) is 66.3 Å². The van der Waals surface area contributed by atoms with Crippen LogP contribution in [0.25, 0.3) is 0 Å². The number of aromatic amines is 1. The fourth-order valence-electron chi connectivity index (χ4n) is 1.92. The Balaban J connectivity index is 1.99. The second kappa shape index (κ2) is 5.57. The number of amides is 2. The molecule has 0 saturated carbocycles. The van der Waals surface area contributed by atoms with E-state index < -0.39 is 10.0 Å². The van der Waals surface area contributed by atoms with Gasteiger partial charge in [0, 0.05) is 32.7 Å². The van der Waals surface area contributed by atoms with Crippen LogP contribution in [0.3, 0.4) is 0 Å². The van der Waals surface area contributed by atoms with Crippen LogP contribution in [0, 0.1) is 0 Å². The normalized spacial score (nSPS) is 17.4. The molecule has 1 aromatic heterocycles. The number of aromatic nitrogens is 2. The molecule has 0 spiro atoms. The van der Waals surface area contributed by atoms with Crippen molar-refractivity contribution in [3.63, 3.8) is 0 Å². The largest absolute Gasteiger partial charge is 0.338 e. The third-order valence-electron chi connectivity index (χ3n) is 2.94. The molecule has 8 nitrogen and oxygen atoms in total. The maximum absolute atomic E-state index is 12.2. The van der Waals surface area contributed by atoms with E-state index in [9.17, 15) is 13.2 Å². The number of nitrogens with one attached hydrogen (secondary N) is 2. The molecule has 1 saturated heterocycles. The zero-order chi connectivity index (χ0) is 13.9. The Hall–Kier alpha value is -1.61. The van der Waals surface area contributed by atoms with Crippen molar-refractivity contribution in [3.05, 3.63) is 12.5 Å². The van der Waals surface area contributed by atoms with Crippen LogP contribution in [0.15, 0.2) is 17.6 Å². The van der Waals surface area contributed by atoms with E-state index >= 15 is 0 Å². The number of rotatable bonds is 3. The summed E-state index contributed by atoms with van der Waals surface area (Å²) < 4.78 is 25.7. The third-order valence-corrected chi connectivity index (χ3v) is 4.77. The van der Waals surface area contributed by atoms with E-state index in [0.717, 1.165) is 0 Å². The van der Waals surface area contributed by atoms with Gasteiger partial charge in [0.25, 0.3) is 10.0 Å². The third kappa shape index (κ3) is 2.87. The number of nitrogens with zero attached hydrogens (tertiary/aromatic N) is 3. The minimum atomic E-state index is -3.52. The molecule has 2 N–H and O–H groups in total. The first-order chi connectivity index (χ1) is 9.05. The highest BCUT2D eigenvalue weighted by atomic mass is 32.2. The fourth-order valence-corrected chi connectivity index (χ4v) is 3.24. The summed E-state index contributed by atoms with van der Waals surface area (Å²) in [5.74, 6) is 0. The van der Waals surface area contributed by atoms with E-state index in [1.165, 1.54) is 16.8 Å². The van der Waals surface area contributed by atoms with Crippen LogP contribution in [0.2, 0.25) is 0 Å². The van der Waals surface area contributed by atoms with E-state index in [1.807, 2.05) is 6.92 Å². The van der Waals surface area contributed by atoms with Gasteiger partial charge in [-0.25, -0.2) is 18.2 Å². The highest BCUT2D eigenvalue weighted by molar-refractivity contribution is 7.89. The molecule has 0 aromatic carbocycles. The van der Waals surface area contributed by atoms with Crippen LogP contribution in [-0.2, 0) is 10.0 Å². The van der Waals surface area contributed by atoms with Crippen molar-refractivity contribution in [2.24, 2.45) is 0 Å². The molecule has 0 atom stereocenters. The number of piperazine rings is 1. The van der Waals surface area contributed by atoms with Gasteiger partial charge in [0.15, 0.2) is 5.03 Å². The Labute approximate surface area is 111 Å². The summed E-state index contributed by atoms with van der Waals surface area (Å²) >= 11 is 0. The summed E-state index contributed by atoms with van der Waals surface area (Å²) in [6.07, 6.45) is 2.61. The molecule has 1 aromatic rings. The maximum atomic E-state index is 12.2. The first kappa shape index (κ1) is 13.8. The van der Waals surface area contributed by atoms with Gasteiger partial charge < -0.3 is 15.2 Å². The molecule has 0 bridgehead atoms. The minimum absolute atomic E-state index is 0.0824. The van der Waals surface area contributed by atoms with E-state index in [2.05, 4.69) is 15.3 Å². The number of carbonyl (C=O) groups is 1. The summed E-state index contributed by atoms with van der Waals surface area (Å²) in [6.45, 7) is 3.76. The second-order valence-electron chi connectivity index (χ2n) is 4.14. The molecule has 0 aliphatic carbocycles. The zero-order valence-corrected chi connectivity index (χ0v) is 11.5. The number of sulfonamides is 1. The van der Waals surface area contributed by atoms with Crippen LogP contribution < -0.4 is 5.32 Å². The van der Waals surface area contributed by atoms with Crippen LogP contribution in [0.1, 0.15) is 6.92 Å². The quantitative estimate of drug-likeness (QED) is 0.779. The average Bonchev–Trinajstić information content (AvgIpc) is 2.94. The van der Waals surface area contributed by atoms with Gasteiger partial charge in [-0.2, -0.15) is 4.31 Å². The summed E-state index contributed by atoms with van der Waals surface area (Å²) in [6, 6.07) is -0.152. The predicted octanol–water partition coefficient (Wildman–Crippen LogP) is -0.554. The molecular weight excluding hydrogens is 270 g/mol. The molecule has 0 radical (unpaired) electrons. The molecular formula is C10H17N5O3S. The van der Waals surface area contributed by atoms with E-state index in [-0.39, 0.29) is 11.1 Å². The van der Waals surface area contributed by atoms with Gasteiger partial charge in [-0.15, -0.1) is 0 Å². The Morgan fingerprint density at radius 3 is 2.63 bits per heavy atom. The van der Waals surface area contributed by atoms with Crippen molar-refractivity contribution in [2.75, 3.05) is 32.7 Å². The second-order valence-corrected chi connectivity index (χ2v) is 6.05. The van der Waals surface area contributed by atoms with Crippen LogP contribution >= 0.6 is 0 Å². The highest BCUT2D eigenvalue weighted by Crippen LogP contribution is 2.14. The van der Waals surface area contributed by atoms with Crippen molar-refractivity contribution in [2.45, 2.75) is 11.9 Å². The molecule has 19 heavy (non-hydrogen) atoms. The lowest BCUT2D eigenvalue weighted by atomic mass is 10.4. The molecule has 2 amide bonds. The standard InChI is InChI=1S/C10H17N5O3S/c1-2-12-10(16)14-3-5-15(6-4-14)19(17,18)9-7-11-8-13-9/h7-8H,2-6H2,1H3,(H,11,13)(H,12,16). The molecule has 0 unspecified atom stereocenters. The smallest absolute Gasteiger partial charge is 0.317 e. The number of urea groups is 1. The number of H-pyrrole nitrogens is 1. The lowest BCUT2D eigenvalue weighted by molar-refractivity contribution is 0.173. The maximum Gasteiger partial charge on any atom is 0.317 e. The van der Waals surface area contributed by atoms with Crippen LogP contribution in [0.4, 0.5) is 4.79 Å². The van der Waals surface area contributed by atoms with Gasteiger partial charge in [-0.1, -0.05) is 0 Å². The summed E-state index contributed by atoms with van der Waals surface area (Å²) in [7, 11) is -3.52. The fraction of sp³-hybridized carbons (Fsp3) is 0.600. The van der Waals surface area contributed by atoms with Gasteiger partial charge in [0.05, 0.1) is 12.5 Å². The Morgan fingerprint density at radius 2 is 2.11 bits per heavy atom. The van der Waals surface area contributed by atoms with E-state index in [0.29, 0.717) is 32.7 Å². The Kier molecular flexibility index (Phi) is 4.05. The first-order valence-corrected chi connectivity index (χ1v) is 7.51. The average molecular weight is 287 g/mol. The Morgan fingerprint density at radius 1 is 1.42 bits per heavy atom. The zero-order valence-electron chi connectivity index (χ0n) is 10.7. The van der Waals surface area contributed by atoms with Gasteiger partial charge in [-0.05, 0) is 6.92 Å². The highest BCUT2D eigenvalue weighted by Gasteiger charge is 2.30. The summed E-state index contributed by atoms with van der Waals surface area (Å²) in [4.78, 5) is 19.5. The summed E-state index contributed by atoms with van der Waals surface area (Å²) in [5, 5.41) is 2.78. The van der Waals surface area contributed by atoms with E-state index in [4.69, 9.17) is 0 Å². The van der Waals surface area contributed by atoms with Gasteiger partial charge in [0.2, 0.25) is 0 Å². The van der Waals surface area contributed by atoms with E-state index in [1.54, 1.807) is 4.90 Å².